The molecule has 1 aromatic heterocycles. The number of hydrogen-bond donors (Lipinski definition) is 1. The Labute approximate surface area is 129 Å². The third-order valence-electron chi connectivity index (χ3n) is 2.11. The number of amides is 1. The summed E-state index contributed by atoms with van der Waals surface area (Å²) < 4.78 is 28.1. The van der Waals surface area contributed by atoms with Crippen LogP contribution in [-0.4, -0.2) is 38.7 Å². The molecule has 1 N–H and O–H groups in total. The van der Waals surface area contributed by atoms with Crippen LogP contribution in [0.15, 0.2) is 24.4 Å². The molecule has 0 radical (unpaired) electrons. The second-order valence-corrected chi connectivity index (χ2v) is 5.42. The molecule has 0 saturated carbocycles. The molecule has 0 fully saturated rings. The maximum atomic E-state index is 12.1. The highest BCUT2D eigenvalue weighted by atomic mass is 32.3. The van der Waals surface area contributed by atoms with Gasteiger partial charge in [0.05, 0.1) is 19.7 Å². The number of aromatic nitrogens is 1. The molecule has 116 valence electrons. The zero-order valence-corrected chi connectivity index (χ0v) is 13.4. The van der Waals surface area contributed by atoms with Gasteiger partial charge in [-0.15, -0.1) is 0 Å². The van der Waals surface area contributed by atoms with Crippen LogP contribution < -0.4 is 5.32 Å². The number of carbonyl (C=O) groups excluding carboxylic acids is 1. The molecular weight excluding hydrogens is 318 g/mol. The van der Waals surface area contributed by atoms with E-state index in [4.69, 9.17) is 13.1 Å². The molecule has 21 heavy (non-hydrogen) atoms. The number of hydrogen-bond acceptors (Lipinski definition) is 7. The standard InChI is InChI=1S/C11H15N3O5S2/c1-9(17-3)14(20-19-11(15)12-2)21(16)18-8-10-6-4-5-7-13-10/h4-7H,8H2,1-3H3/p+1/b14-9+. The van der Waals surface area contributed by atoms with Crippen molar-refractivity contribution in [2.75, 3.05) is 14.2 Å². The Morgan fingerprint density at radius 1 is 1.52 bits per heavy atom. The summed E-state index contributed by atoms with van der Waals surface area (Å²) in [5, 5.41) is 2.27. The van der Waals surface area contributed by atoms with Crippen LogP contribution in [0.1, 0.15) is 12.6 Å². The minimum atomic E-state index is -1.92. The normalized spacial score (nSPS) is 13.1. The van der Waals surface area contributed by atoms with Gasteiger partial charge in [-0.25, -0.2) is 8.98 Å². The van der Waals surface area contributed by atoms with E-state index >= 15 is 0 Å². The van der Waals surface area contributed by atoms with Gasteiger partial charge < -0.3 is 14.2 Å². The maximum absolute atomic E-state index is 12.1. The average molecular weight is 334 g/mol. The van der Waals surface area contributed by atoms with E-state index in [0.717, 1.165) is 3.39 Å². The molecular formula is C11H16N3O5S2+. The van der Waals surface area contributed by atoms with Crippen LogP contribution in [0, 0.1) is 0 Å². The van der Waals surface area contributed by atoms with Gasteiger partial charge in [0.2, 0.25) is 0 Å². The van der Waals surface area contributed by atoms with Crippen molar-refractivity contribution in [3.05, 3.63) is 30.1 Å². The van der Waals surface area contributed by atoms with Gasteiger partial charge in [0.25, 0.3) is 0 Å². The van der Waals surface area contributed by atoms with Crippen molar-refractivity contribution < 1.29 is 25.5 Å². The molecule has 1 rings (SSSR count). The summed E-state index contributed by atoms with van der Waals surface area (Å²) in [7, 11) is 2.81. The Morgan fingerprint density at radius 3 is 2.86 bits per heavy atom. The topological polar surface area (TPSA) is 89.8 Å². The summed E-state index contributed by atoms with van der Waals surface area (Å²) in [6.07, 6.45) is 0.922. The lowest BCUT2D eigenvalue weighted by Crippen LogP contribution is -2.22. The molecule has 1 unspecified atom stereocenters. The van der Waals surface area contributed by atoms with E-state index in [0.29, 0.717) is 17.9 Å². The number of methoxy groups -OCH3 is 1. The minimum Gasteiger partial charge on any atom is -0.450 e. The van der Waals surface area contributed by atoms with Crippen molar-refractivity contribution in [1.82, 2.24) is 10.3 Å². The quantitative estimate of drug-likeness (QED) is 0.275. The zero-order chi connectivity index (χ0) is 15.7. The van der Waals surface area contributed by atoms with Crippen molar-refractivity contribution in [3.8, 4) is 0 Å². The highest BCUT2D eigenvalue weighted by Crippen LogP contribution is 2.12. The molecule has 0 aliphatic carbocycles. The molecule has 0 bridgehead atoms. The van der Waals surface area contributed by atoms with Crippen LogP contribution >= 0.6 is 12.2 Å². The molecule has 8 nitrogen and oxygen atoms in total. The first kappa shape index (κ1) is 17.4. The SMILES string of the molecule is CNC(=O)OS/[N+](=C(/C)OC)S(=O)OCc1ccccn1. The summed E-state index contributed by atoms with van der Waals surface area (Å²) in [5.41, 5.74) is 0.623. The molecule has 10 heteroatoms. The molecule has 1 aromatic rings. The van der Waals surface area contributed by atoms with Crippen LogP contribution in [0.2, 0.25) is 0 Å². The van der Waals surface area contributed by atoms with Crippen LogP contribution in [0.25, 0.3) is 0 Å². The predicted molar refractivity (Wildman–Crippen MR) is 78.3 cm³/mol. The number of pyridine rings is 1. The second kappa shape index (κ2) is 9.32. The summed E-state index contributed by atoms with van der Waals surface area (Å²) >= 11 is -1.37. The summed E-state index contributed by atoms with van der Waals surface area (Å²) in [4.78, 5) is 15.1. The third-order valence-corrected chi connectivity index (χ3v) is 4.12. The summed E-state index contributed by atoms with van der Waals surface area (Å²) in [5.74, 6) is 0.253. The van der Waals surface area contributed by atoms with Crippen molar-refractivity contribution in [1.29, 1.82) is 0 Å². The lowest BCUT2D eigenvalue weighted by molar-refractivity contribution is -0.189. The van der Waals surface area contributed by atoms with Crippen molar-refractivity contribution in [3.63, 3.8) is 0 Å². The predicted octanol–water partition coefficient (Wildman–Crippen LogP) is 1.17. The fourth-order valence-electron chi connectivity index (χ4n) is 1.01. The van der Waals surface area contributed by atoms with Crippen LogP contribution in [0.5, 0.6) is 0 Å². The molecule has 0 aromatic carbocycles. The zero-order valence-electron chi connectivity index (χ0n) is 11.8. The van der Waals surface area contributed by atoms with E-state index in [-0.39, 0.29) is 12.5 Å². The van der Waals surface area contributed by atoms with Crippen LogP contribution in [0.4, 0.5) is 4.79 Å². The van der Waals surface area contributed by atoms with Crippen LogP contribution in [-0.2, 0) is 31.0 Å². The van der Waals surface area contributed by atoms with E-state index in [1.54, 1.807) is 31.3 Å². The second-order valence-electron chi connectivity index (χ2n) is 3.48. The Morgan fingerprint density at radius 2 is 2.29 bits per heavy atom. The number of carbonyl (C=O) groups is 1. The van der Waals surface area contributed by atoms with Gasteiger partial charge in [-0.1, -0.05) is 6.07 Å². The van der Waals surface area contributed by atoms with Gasteiger partial charge in [-0.3, -0.25) is 4.98 Å². The molecule has 1 amide bonds. The Balaban J connectivity index is 2.66. The number of nitrogens with zero attached hydrogens (tertiary/aromatic N) is 2. The first-order chi connectivity index (χ1) is 10.1. The van der Waals surface area contributed by atoms with Gasteiger partial charge in [0, 0.05) is 16.6 Å². The van der Waals surface area contributed by atoms with Crippen molar-refractivity contribution in [2.45, 2.75) is 13.5 Å². The molecule has 0 saturated heterocycles. The van der Waals surface area contributed by atoms with E-state index in [1.807, 2.05) is 0 Å². The monoisotopic (exact) mass is 334 g/mol. The van der Waals surface area contributed by atoms with Gasteiger partial charge >= 0.3 is 35.5 Å². The average Bonchev–Trinajstić information content (AvgIpc) is 2.53. The van der Waals surface area contributed by atoms with E-state index in [1.165, 1.54) is 14.2 Å². The van der Waals surface area contributed by atoms with Gasteiger partial charge in [0.15, 0.2) is 0 Å². The summed E-state index contributed by atoms with van der Waals surface area (Å²) in [6, 6.07) is 5.30. The van der Waals surface area contributed by atoms with E-state index in [9.17, 15) is 9.00 Å². The van der Waals surface area contributed by atoms with Crippen molar-refractivity contribution >= 4 is 35.5 Å². The first-order valence-electron chi connectivity index (χ1n) is 5.77. The smallest absolute Gasteiger partial charge is 0.450 e. The van der Waals surface area contributed by atoms with Crippen LogP contribution in [0.3, 0.4) is 0 Å². The Bertz CT molecular complexity index is 524. The maximum Gasteiger partial charge on any atom is 0.460 e. The highest BCUT2D eigenvalue weighted by Gasteiger charge is 2.28. The third kappa shape index (κ3) is 6.10. The largest absolute Gasteiger partial charge is 0.460 e. The molecule has 0 spiro atoms. The molecule has 1 heterocycles. The number of nitrogens with one attached hydrogen (secondary N) is 1. The van der Waals surface area contributed by atoms with Crippen molar-refractivity contribution in [2.24, 2.45) is 0 Å². The first-order valence-corrected chi connectivity index (χ1v) is 7.50. The van der Waals surface area contributed by atoms with Gasteiger partial charge in [0.1, 0.15) is 6.61 Å². The van der Waals surface area contributed by atoms with E-state index in [2.05, 4.69) is 10.3 Å². The fraction of sp³-hybridized carbons (Fsp3) is 0.364. The van der Waals surface area contributed by atoms with Gasteiger partial charge in [-0.2, -0.15) is 4.21 Å². The number of ether oxygens (including phenoxy) is 1. The minimum absolute atomic E-state index is 0.0431. The molecule has 0 aliphatic heterocycles. The lowest BCUT2D eigenvalue weighted by atomic mass is 10.4. The summed E-state index contributed by atoms with van der Waals surface area (Å²) in [6.45, 7) is 1.60. The Hall–Kier alpha value is -1.65. The Kier molecular flexibility index (Phi) is 7.72. The fourth-order valence-corrected chi connectivity index (χ4v) is 2.43. The van der Waals surface area contributed by atoms with Gasteiger partial charge in [-0.05, 0) is 12.1 Å². The molecule has 1 atom stereocenters. The lowest BCUT2D eigenvalue weighted by Gasteiger charge is -2.02. The molecule has 0 aliphatic rings. The van der Waals surface area contributed by atoms with E-state index < -0.39 is 17.4 Å². The highest BCUT2D eigenvalue weighted by molar-refractivity contribution is 7.96. The number of rotatable bonds is 6.